The second kappa shape index (κ2) is 8.82. The third kappa shape index (κ3) is 7.90. The van der Waals surface area contributed by atoms with Crippen molar-refractivity contribution in [3.8, 4) is 0 Å². The molecule has 0 N–H and O–H groups in total. The molecule has 6 heteroatoms. The summed E-state index contributed by atoms with van der Waals surface area (Å²) >= 11 is 0. The predicted octanol–water partition coefficient (Wildman–Crippen LogP) is 2.27. The van der Waals surface area contributed by atoms with Gasteiger partial charge >= 0.3 is 12.3 Å². The maximum Gasteiger partial charge on any atom is 0.508 e. The zero-order valence-electron chi connectivity index (χ0n) is 9.78. The fourth-order valence-corrected chi connectivity index (χ4v) is 0.715. The van der Waals surface area contributed by atoms with E-state index in [4.69, 9.17) is 4.74 Å². The molecule has 16 heavy (non-hydrogen) atoms. The normalized spacial score (nSPS) is 9.75. The second-order valence-corrected chi connectivity index (χ2v) is 3.00. The highest BCUT2D eigenvalue weighted by Gasteiger charge is 2.13. The van der Waals surface area contributed by atoms with Crippen molar-refractivity contribution in [1.29, 1.82) is 0 Å². The van der Waals surface area contributed by atoms with Gasteiger partial charge in [-0.05, 0) is 13.3 Å². The van der Waals surface area contributed by atoms with Crippen LogP contribution in [0.4, 0.5) is 9.59 Å². The van der Waals surface area contributed by atoms with E-state index in [1.807, 2.05) is 6.92 Å². The molecule has 0 aromatic heterocycles. The molecule has 0 spiro atoms. The Hall–Kier alpha value is -1.46. The number of hydrogen-bond acceptors (Lipinski definition) is 6. The van der Waals surface area contributed by atoms with E-state index in [9.17, 15) is 9.59 Å². The second-order valence-electron chi connectivity index (χ2n) is 3.00. The lowest BCUT2D eigenvalue weighted by Crippen LogP contribution is -2.17. The number of carbonyl (C=O) groups is 2. The van der Waals surface area contributed by atoms with Gasteiger partial charge in [0.15, 0.2) is 6.10 Å². The van der Waals surface area contributed by atoms with Crippen LogP contribution in [0, 0.1) is 6.10 Å². The standard InChI is InChI=1S/C10H17O6/c1-4-5-6-14-10(12)15-7-8(2)16-9(11)13-3/h4-7H2,1-3H3. The van der Waals surface area contributed by atoms with Crippen molar-refractivity contribution in [3.05, 3.63) is 6.10 Å². The predicted molar refractivity (Wildman–Crippen MR) is 54.6 cm³/mol. The molecule has 0 fully saturated rings. The average molecular weight is 233 g/mol. The van der Waals surface area contributed by atoms with Gasteiger partial charge in [-0.25, -0.2) is 9.59 Å². The Balaban J connectivity index is 3.54. The van der Waals surface area contributed by atoms with E-state index in [0.717, 1.165) is 12.8 Å². The summed E-state index contributed by atoms with van der Waals surface area (Å²) in [6.07, 6.45) is 0.321. The van der Waals surface area contributed by atoms with Crippen LogP contribution in [0.3, 0.4) is 0 Å². The first-order chi connectivity index (χ1) is 7.60. The summed E-state index contributed by atoms with van der Waals surface area (Å²) in [4.78, 5) is 21.6. The molecule has 0 amide bonds. The van der Waals surface area contributed by atoms with E-state index in [2.05, 4.69) is 14.2 Å². The highest BCUT2D eigenvalue weighted by molar-refractivity contribution is 5.61. The molecule has 0 rings (SSSR count). The Labute approximate surface area is 94.8 Å². The third-order valence-electron chi connectivity index (χ3n) is 1.54. The molecule has 0 aliphatic carbocycles. The van der Waals surface area contributed by atoms with Gasteiger partial charge in [-0.15, -0.1) is 0 Å². The van der Waals surface area contributed by atoms with Gasteiger partial charge in [-0.3, -0.25) is 0 Å². The van der Waals surface area contributed by atoms with E-state index in [0.29, 0.717) is 6.61 Å². The number of carbonyl (C=O) groups excluding carboxylic acids is 2. The molecule has 0 aliphatic heterocycles. The van der Waals surface area contributed by atoms with Crippen LogP contribution >= 0.6 is 0 Å². The third-order valence-corrected chi connectivity index (χ3v) is 1.54. The van der Waals surface area contributed by atoms with Crippen molar-refractivity contribution < 1.29 is 28.5 Å². The highest BCUT2D eigenvalue weighted by atomic mass is 16.7. The van der Waals surface area contributed by atoms with Gasteiger partial charge in [0.1, 0.15) is 6.61 Å². The van der Waals surface area contributed by atoms with Crippen molar-refractivity contribution in [3.63, 3.8) is 0 Å². The Morgan fingerprint density at radius 2 is 1.81 bits per heavy atom. The lowest BCUT2D eigenvalue weighted by molar-refractivity contribution is 0.0280. The van der Waals surface area contributed by atoms with E-state index < -0.39 is 12.3 Å². The summed E-state index contributed by atoms with van der Waals surface area (Å²) in [6, 6.07) is 0. The number of hydrogen-bond donors (Lipinski definition) is 0. The van der Waals surface area contributed by atoms with E-state index in [-0.39, 0.29) is 12.7 Å². The maximum absolute atomic E-state index is 10.9. The van der Waals surface area contributed by atoms with Gasteiger partial charge in [0.05, 0.1) is 13.7 Å². The SMILES string of the molecule is CCCCOC(=O)OC[C](C)OC(=O)OC. The van der Waals surface area contributed by atoms with Crippen LogP contribution in [-0.4, -0.2) is 32.6 Å². The Morgan fingerprint density at radius 1 is 1.12 bits per heavy atom. The van der Waals surface area contributed by atoms with Crippen LogP contribution in [0.15, 0.2) is 0 Å². The molecule has 0 aromatic rings. The van der Waals surface area contributed by atoms with Crippen LogP contribution in [0.25, 0.3) is 0 Å². The first kappa shape index (κ1) is 14.5. The summed E-state index contributed by atoms with van der Waals surface area (Å²) in [5.41, 5.74) is 0. The molecule has 0 aromatic carbocycles. The van der Waals surface area contributed by atoms with Crippen molar-refractivity contribution in [1.82, 2.24) is 0 Å². The van der Waals surface area contributed by atoms with Crippen LogP contribution in [0.5, 0.6) is 0 Å². The van der Waals surface area contributed by atoms with Crippen LogP contribution in [0.1, 0.15) is 26.7 Å². The molecule has 6 nitrogen and oxygen atoms in total. The fourth-order valence-electron chi connectivity index (χ4n) is 0.715. The summed E-state index contributed by atoms with van der Waals surface area (Å²) < 4.78 is 18.2. The number of ether oxygens (including phenoxy) is 4. The quantitative estimate of drug-likeness (QED) is 0.517. The topological polar surface area (TPSA) is 71.1 Å². The van der Waals surface area contributed by atoms with E-state index in [1.54, 1.807) is 0 Å². The summed E-state index contributed by atoms with van der Waals surface area (Å²) in [5, 5.41) is 0. The number of unbranched alkanes of at least 4 members (excludes halogenated alkanes) is 1. The molecular formula is C10H17O6. The minimum absolute atomic E-state index is 0.139. The van der Waals surface area contributed by atoms with Gasteiger partial charge in [0.25, 0.3) is 0 Å². The van der Waals surface area contributed by atoms with E-state index in [1.165, 1.54) is 14.0 Å². The summed E-state index contributed by atoms with van der Waals surface area (Å²) in [5.74, 6) is 0. The molecule has 0 bridgehead atoms. The number of methoxy groups -OCH3 is 1. The van der Waals surface area contributed by atoms with Crippen molar-refractivity contribution in [2.45, 2.75) is 26.7 Å². The molecule has 0 saturated carbocycles. The van der Waals surface area contributed by atoms with Crippen LogP contribution in [-0.2, 0) is 18.9 Å². The zero-order valence-corrected chi connectivity index (χ0v) is 9.78. The summed E-state index contributed by atoms with van der Waals surface area (Å²) in [7, 11) is 1.19. The van der Waals surface area contributed by atoms with Crippen LogP contribution in [0.2, 0.25) is 0 Å². The molecule has 0 heterocycles. The van der Waals surface area contributed by atoms with Gasteiger partial charge in [-0.1, -0.05) is 13.3 Å². The largest absolute Gasteiger partial charge is 0.508 e. The fraction of sp³-hybridized carbons (Fsp3) is 0.700. The summed E-state index contributed by atoms with van der Waals surface area (Å²) in [6.45, 7) is 3.67. The van der Waals surface area contributed by atoms with Gasteiger partial charge in [0, 0.05) is 0 Å². The highest BCUT2D eigenvalue weighted by Crippen LogP contribution is 2.04. The average Bonchev–Trinajstić information content (AvgIpc) is 2.26. The minimum atomic E-state index is -0.847. The first-order valence-corrected chi connectivity index (χ1v) is 4.98. The molecule has 0 saturated heterocycles. The lowest BCUT2D eigenvalue weighted by Gasteiger charge is -2.10. The molecule has 0 aliphatic rings. The number of rotatable bonds is 6. The van der Waals surface area contributed by atoms with Crippen molar-refractivity contribution in [2.24, 2.45) is 0 Å². The smallest absolute Gasteiger partial charge is 0.438 e. The Morgan fingerprint density at radius 3 is 2.38 bits per heavy atom. The first-order valence-electron chi connectivity index (χ1n) is 4.98. The molecule has 1 radical (unpaired) electrons. The maximum atomic E-state index is 10.9. The monoisotopic (exact) mass is 233 g/mol. The Kier molecular flexibility index (Phi) is 8.01. The van der Waals surface area contributed by atoms with Crippen molar-refractivity contribution in [2.75, 3.05) is 20.3 Å². The van der Waals surface area contributed by atoms with Crippen LogP contribution < -0.4 is 0 Å². The molecule has 93 valence electrons. The molecular weight excluding hydrogens is 216 g/mol. The zero-order chi connectivity index (χ0) is 12.4. The minimum Gasteiger partial charge on any atom is -0.438 e. The molecule has 0 atom stereocenters. The molecule has 0 unspecified atom stereocenters. The van der Waals surface area contributed by atoms with E-state index >= 15 is 0 Å². The lowest BCUT2D eigenvalue weighted by atomic mass is 10.4. The van der Waals surface area contributed by atoms with Crippen molar-refractivity contribution >= 4 is 12.3 Å². The van der Waals surface area contributed by atoms with Gasteiger partial charge in [-0.2, -0.15) is 0 Å². The Bertz CT molecular complexity index is 215. The van der Waals surface area contributed by atoms with Gasteiger partial charge in [0.2, 0.25) is 0 Å². The van der Waals surface area contributed by atoms with Gasteiger partial charge < -0.3 is 18.9 Å².